The number of aromatic amines is 2. The van der Waals surface area contributed by atoms with Gasteiger partial charge in [0.05, 0.1) is 11.0 Å². The van der Waals surface area contributed by atoms with E-state index >= 15 is 0 Å². The average Bonchev–Trinajstić information content (AvgIpc) is 3.57. The molecule has 5 aromatic rings. The van der Waals surface area contributed by atoms with Gasteiger partial charge in [-0.05, 0) is 41.5 Å². The molecule has 0 fully saturated rings. The van der Waals surface area contributed by atoms with Crippen LogP contribution in [0.4, 0.5) is 0 Å². The second-order valence-corrected chi connectivity index (χ2v) is 7.33. The molecule has 0 unspecified atom stereocenters. The number of H-pyrrole nitrogens is 2. The quantitative estimate of drug-likeness (QED) is 0.0841. The lowest BCUT2D eigenvalue weighted by atomic mass is 10.0. The largest absolute Gasteiger partial charge is 0.409 e. The van der Waals surface area contributed by atoms with Crippen LogP contribution < -0.4 is 11.5 Å². The van der Waals surface area contributed by atoms with Gasteiger partial charge < -0.3 is 31.8 Å². The summed E-state index contributed by atoms with van der Waals surface area (Å²) in [5, 5.41) is 24.9. The molecule has 0 saturated heterocycles. The molecule has 2 aromatic heterocycles. The zero-order valence-electron chi connectivity index (χ0n) is 20.7. The fourth-order valence-corrected chi connectivity index (χ4v) is 3.74. The normalized spacial score (nSPS) is 11.6. The molecule has 36 heavy (non-hydrogen) atoms. The summed E-state index contributed by atoms with van der Waals surface area (Å²) in [7, 11) is 0. The summed E-state index contributed by atoms with van der Waals surface area (Å²) < 4.78 is 0. The van der Waals surface area contributed by atoms with Gasteiger partial charge in [0.25, 0.3) is 0 Å². The van der Waals surface area contributed by atoms with Gasteiger partial charge in [0.15, 0.2) is 11.7 Å². The van der Waals surface area contributed by atoms with Crippen LogP contribution in [-0.2, 0) is 0 Å². The molecule has 9 heteroatoms. The van der Waals surface area contributed by atoms with Gasteiger partial charge in [-0.3, -0.25) is 0 Å². The van der Waals surface area contributed by atoms with Crippen molar-refractivity contribution in [1.82, 2.24) is 15.0 Å². The van der Waals surface area contributed by atoms with E-state index in [0.29, 0.717) is 17.0 Å². The van der Waals surface area contributed by atoms with Crippen molar-refractivity contribution in [2.75, 3.05) is 0 Å². The molecule has 0 saturated carbocycles. The highest BCUT2D eigenvalue weighted by Crippen LogP contribution is 2.32. The molecule has 0 radical (unpaired) electrons. The van der Waals surface area contributed by atoms with E-state index in [1.807, 2.05) is 76.4 Å². The second kappa shape index (κ2) is 11.6. The molecule has 0 bridgehead atoms. The van der Waals surface area contributed by atoms with Crippen LogP contribution >= 0.6 is 0 Å². The monoisotopic (exact) mass is 485 g/mol. The molecule has 0 aliphatic carbocycles. The molecular formula is C27H31N7O2. The summed E-state index contributed by atoms with van der Waals surface area (Å²) in [6, 6.07) is 19.0. The molecule has 0 aliphatic heterocycles. The fraction of sp³-hybridized carbons (Fsp3) is 0.148. The van der Waals surface area contributed by atoms with Crippen LogP contribution in [0.5, 0.6) is 0 Å². The summed E-state index contributed by atoms with van der Waals surface area (Å²) in [5.74, 6) is 0.820. The SMILES string of the molecule is CC.CC.N/C(=N\O)c1ccc(-c2ccc3[nH]cc(-c4nc5ccc(/C(N)=N/O)cc5[nH]4)c3c2)cc1. The van der Waals surface area contributed by atoms with Crippen LogP contribution in [-0.4, -0.2) is 37.0 Å². The Balaban J connectivity index is 0.000000861. The third kappa shape index (κ3) is 5.00. The van der Waals surface area contributed by atoms with Gasteiger partial charge in [-0.15, -0.1) is 0 Å². The van der Waals surface area contributed by atoms with Crippen molar-refractivity contribution in [2.24, 2.45) is 21.8 Å². The zero-order valence-corrected chi connectivity index (χ0v) is 20.7. The van der Waals surface area contributed by atoms with E-state index in [1.165, 1.54) is 0 Å². The standard InChI is InChI=1S/C23H19N7O2.2C2H6/c24-21(29-31)13-3-1-12(2-4-13)14-5-7-18-16(9-14)17(11-26-18)23-27-19-8-6-15(22(25)30-32)10-20(19)28-23;2*1-2/h1-11,26,31-32H,(H2,24,29)(H2,25,30)(H,27,28);2*1-2H3. The fourth-order valence-electron chi connectivity index (χ4n) is 3.74. The lowest BCUT2D eigenvalue weighted by molar-refractivity contribution is 0.318. The molecule has 0 amide bonds. The first-order chi connectivity index (χ1) is 17.6. The first kappa shape index (κ1) is 25.8. The number of fused-ring (bicyclic) bond motifs is 2. The maximum absolute atomic E-state index is 8.92. The lowest BCUT2D eigenvalue weighted by Crippen LogP contribution is -2.12. The Morgan fingerprint density at radius 2 is 1.36 bits per heavy atom. The zero-order chi connectivity index (χ0) is 26.2. The molecule has 0 atom stereocenters. The first-order valence-electron chi connectivity index (χ1n) is 11.7. The van der Waals surface area contributed by atoms with Gasteiger partial charge in [0, 0.05) is 33.8 Å². The van der Waals surface area contributed by atoms with Crippen LogP contribution in [0.3, 0.4) is 0 Å². The van der Waals surface area contributed by atoms with Crippen molar-refractivity contribution in [3.8, 4) is 22.5 Å². The molecule has 8 N–H and O–H groups in total. The maximum Gasteiger partial charge on any atom is 0.170 e. The van der Waals surface area contributed by atoms with E-state index in [4.69, 9.17) is 26.9 Å². The van der Waals surface area contributed by atoms with E-state index in [2.05, 4.69) is 26.3 Å². The van der Waals surface area contributed by atoms with E-state index < -0.39 is 0 Å². The van der Waals surface area contributed by atoms with Gasteiger partial charge in [-0.2, -0.15) is 0 Å². The Morgan fingerprint density at radius 1 is 0.750 bits per heavy atom. The number of nitrogens with one attached hydrogen (secondary N) is 2. The third-order valence-electron chi connectivity index (χ3n) is 5.44. The Bertz CT molecular complexity index is 1510. The number of hydrogen-bond donors (Lipinski definition) is 6. The van der Waals surface area contributed by atoms with E-state index in [9.17, 15) is 0 Å². The number of rotatable bonds is 4. The van der Waals surface area contributed by atoms with Crippen LogP contribution in [0.25, 0.3) is 44.5 Å². The van der Waals surface area contributed by atoms with Gasteiger partial charge in [0.1, 0.15) is 5.82 Å². The molecule has 5 rings (SSSR count). The number of nitrogens with two attached hydrogens (primary N) is 2. The minimum Gasteiger partial charge on any atom is -0.409 e. The molecule has 186 valence electrons. The topological polar surface area (TPSA) is 162 Å². The number of amidine groups is 2. The number of hydrogen-bond acceptors (Lipinski definition) is 5. The number of oxime groups is 2. The highest BCUT2D eigenvalue weighted by Gasteiger charge is 2.13. The maximum atomic E-state index is 8.92. The number of nitrogens with zero attached hydrogens (tertiary/aromatic N) is 3. The van der Waals surface area contributed by atoms with E-state index in [-0.39, 0.29) is 11.7 Å². The Kier molecular flexibility index (Phi) is 8.30. The van der Waals surface area contributed by atoms with Gasteiger partial charge >= 0.3 is 0 Å². The Hall–Kier alpha value is -4.79. The van der Waals surface area contributed by atoms with E-state index in [1.54, 1.807) is 12.1 Å². The highest BCUT2D eigenvalue weighted by atomic mass is 16.4. The third-order valence-corrected chi connectivity index (χ3v) is 5.44. The smallest absolute Gasteiger partial charge is 0.170 e. The molecule has 3 aromatic carbocycles. The van der Waals surface area contributed by atoms with Crippen molar-refractivity contribution in [1.29, 1.82) is 0 Å². The van der Waals surface area contributed by atoms with Gasteiger partial charge in [-0.1, -0.05) is 68.3 Å². The molecular weight excluding hydrogens is 454 g/mol. The number of imidazole rings is 1. The molecule has 2 heterocycles. The predicted octanol–water partition coefficient (Wildman–Crippen LogP) is 5.62. The Morgan fingerprint density at radius 3 is 2.03 bits per heavy atom. The van der Waals surface area contributed by atoms with Gasteiger partial charge in [0.2, 0.25) is 0 Å². The first-order valence-corrected chi connectivity index (χ1v) is 11.7. The van der Waals surface area contributed by atoms with Crippen molar-refractivity contribution in [2.45, 2.75) is 27.7 Å². The highest BCUT2D eigenvalue weighted by molar-refractivity contribution is 6.01. The van der Waals surface area contributed by atoms with Gasteiger partial charge in [-0.25, -0.2) is 4.98 Å². The van der Waals surface area contributed by atoms with Crippen LogP contribution in [0, 0.1) is 0 Å². The van der Waals surface area contributed by atoms with Crippen molar-refractivity contribution < 1.29 is 10.4 Å². The predicted molar refractivity (Wildman–Crippen MR) is 147 cm³/mol. The summed E-state index contributed by atoms with van der Waals surface area (Å²) in [6.45, 7) is 8.00. The van der Waals surface area contributed by atoms with Crippen molar-refractivity contribution in [3.63, 3.8) is 0 Å². The number of aromatic nitrogens is 3. The summed E-state index contributed by atoms with van der Waals surface area (Å²) in [5.41, 5.74) is 18.1. The molecule has 9 nitrogen and oxygen atoms in total. The second-order valence-electron chi connectivity index (χ2n) is 7.33. The average molecular weight is 486 g/mol. The molecule has 0 aliphatic rings. The van der Waals surface area contributed by atoms with Crippen LogP contribution in [0.2, 0.25) is 0 Å². The minimum absolute atomic E-state index is 0.0396. The van der Waals surface area contributed by atoms with Crippen molar-refractivity contribution >= 4 is 33.6 Å². The van der Waals surface area contributed by atoms with Crippen LogP contribution in [0.15, 0.2) is 77.2 Å². The molecule has 0 spiro atoms. The Labute approximate surface area is 209 Å². The summed E-state index contributed by atoms with van der Waals surface area (Å²) in [4.78, 5) is 11.3. The van der Waals surface area contributed by atoms with Crippen molar-refractivity contribution in [3.05, 3.63) is 78.0 Å². The van der Waals surface area contributed by atoms with E-state index in [0.717, 1.165) is 38.6 Å². The lowest BCUT2D eigenvalue weighted by Gasteiger charge is -2.05. The minimum atomic E-state index is 0.0396. The van der Waals surface area contributed by atoms with Crippen LogP contribution in [0.1, 0.15) is 38.8 Å². The summed E-state index contributed by atoms with van der Waals surface area (Å²) in [6.07, 6.45) is 1.91. The number of benzene rings is 3. The summed E-state index contributed by atoms with van der Waals surface area (Å²) >= 11 is 0.